The molecule has 1 aromatic rings. The van der Waals surface area contributed by atoms with Gasteiger partial charge in [-0.25, -0.2) is 13.2 Å². The van der Waals surface area contributed by atoms with Crippen molar-refractivity contribution in [3.63, 3.8) is 0 Å². The summed E-state index contributed by atoms with van der Waals surface area (Å²) in [5.41, 5.74) is -0.345. The summed E-state index contributed by atoms with van der Waals surface area (Å²) >= 11 is 1.50. The maximum atomic E-state index is 13.5. The Hall–Kier alpha value is -1.17. The highest BCUT2D eigenvalue weighted by atomic mass is 32.2. The normalized spacial score (nSPS) is 18.5. The lowest BCUT2D eigenvalue weighted by Gasteiger charge is -2.18. The standard InChI is InChI=1S/C14H17F3N2S/c1-3-8(4-2)12-7-18-14(20-12)19-13-10(16)5-9(15)6-11(13)17/h5-6,8,12H,3-4,7H2,1-2H3,(H,18,19). The molecule has 110 valence electrons. The zero-order chi connectivity index (χ0) is 14.7. The number of nitrogens with one attached hydrogen (secondary N) is 1. The molecule has 0 spiro atoms. The van der Waals surface area contributed by atoms with Crippen LogP contribution in [0.25, 0.3) is 0 Å². The van der Waals surface area contributed by atoms with E-state index in [1.165, 1.54) is 11.8 Å². The summed E-state index contributed by atoms with van der Waals surface area (Å²) in [6.07, 6.45) is 2.10. The Morgan fingerprint density at radius 2 is 1.85 bits per heavy atom. The number of halogens is 3. The van der Waals surface area contributed by atoms with Gasteiger partial charge in [-0.05, 0) is 5.92 Å². The fourth-order valence-corrected chi connectivity index (χ4v) is 3.61. The Morgan fingerprint density at radius 3 is 2.40 bits per heavy atom. The third kappa shape index (κ3) is 3.29. The molecule has 0 radical (unpaired) electrons. The van der Waals surface area contributed by atoms with Crippen molar-refractivity contribution >= 4 is 22.6 Å². The van der Waals surface area contributed by atoms with E-state index < -0.39 is 17.5 Å². The first-order valence-electron chi connectivity index (χ1n) is 6.67. The van der Waals surface area contributed by atoms with Gasteiger partial charge in [-0.2, -0.15) is 0 Å². The zero-order valence-corrected chi connectivity index (χ0v) is 12.2. The molecule has 1 heterocycles. The van der Waals surface area contributed by atoms with E-state index in [9.17, 15) is 13.2 Å². The van der Waals surface area contributed by atoms with Gasteiger partial charge >= 0.3 is 0 Å². The number of hydrogen-bond acceptors (Lipinski definition) is 3. The maximum Gasteiger partial charge on any atom is 0.161 e. The van der Waals surface area contributed by atoms with Crippen LogP contribution in [0.2, 0.25) is 0 Å². The van der Waals surface area contributed by atoms with Crippen LogP contribution in [0.5, 0.6) is 0 Å². The van der Waals surface area contributed by atoms with Gasteiger partial charge in [0.15, 0.2) is 16.8 Å². The molecule has 2 nitrogen and oxygen atoms in total. The van der Waals surface area contributed by atoms with Crippen LogP contribution in [0.4, 0.5) is 18.9 Å². The minimum absolute atomic E-state index is 0.332. The highest BCUT2D eigenvalue weighted by molar-refractivity contribution is 8.15. The van der Waals surface area contributed by atoms with Crippen molar-refractivity contribution in [3.8, 4) is 0 Å². The lowest BCUT2D eigenvalue weighted by Crippen LogP contribution is -2.18. The molecule has 0 amide bonds. The van der Waals surface area contributed by atoms with Crippen molar-refractivity contribution in [1.29, 1.82) is 0 Å². The average molecular weight is 302 g/mol. The zero-order valence-electron chi connectivity index (χ0n) is 11.4. The van der Waals surface area contributed by atoms with Gasteiger partial charge in [0.05, 0.1) is 6.54 Å². The minimum atomic E-state index is -0.947. The smallest absolute Gasteiger partial charge is 0.161 e. The van der Waals surface area contributed by atoms with E-state index in [0.29, 0.717) is 35.0 Å². The van der Waals surface area contributed by atoms with Crippen LogP contribution in [0.1, 0.15) is 26.7 Å². The summed E-state index contributed by atoms with van der Waals surface area (Å²) in [5, 5.41) is 3.46. The minimum Gasteiger partial charge on any atom is -0.330 e. The summed E-state index contributed by atoms with van der Waals surface area (Å²) in [7, 11) is 0. The molecule has 0 saturated carbocycles. The first kappa shape index (κ1) is 15.2. The van der Waals surface area contributed by atoms with E-state index in [1.54, 1.807) is 0 Å². The Bertz CT molecular complexity index is 492. The van der Waals surface area contributed by atoms with Gasteiger partial charge in [-0.15, -0.1) is 0 Å². The topological polar surface area (TPSA) is 24.4 Å². The molecule has 20 heavy (non-hydrogen) atoms. The number of amidine groups is 1. The van der Waals surface area contributed by atoms with Gasteiger partial charge in [-0.3, -0.25) is 4.99 Å². The Balaban J connectivity index is 2.06. The summed E-state index contributed by atoms with van der Waals surface area (Å²) < 4.78 is 39.9. The third-order valence-electron chi connectivity index (χ3n) is 3.49. The van der Waals surface area contributed by atoms with Crippen molar-refractivity contribution < 1.29 is 13.2 Å². The number of rotatable bonds is 4. The lowest BCUT2D eigenvalue weighted by molar-refractivity contribution is 0.479. The molecule has 6 heteroatoms. The maximum absolute atomic E-state index is 13.5. The van der Waals surface area contributed by atoms with E-state index in [2.05, 4.69) is 24.2 Å². The summed E-state index contributed by atoms with van der Waals surface area (Å²) in [6.45, 7) is 4.89. The number of nitrogens with zero attached hydrogens (tertiary/aromatic N) is 1. The van der Waals surface area contributed by atoms with Crippen LogP contribution in [0.15, 0.2) is 17.1 Å². The second kappa shape index (κ2) is 6.52. The SMILES string of the molecule is CCC(CC)C1CN=C(Nc2c(F)cc(F)cc2F)S1. The quantitative estimate of drug-likeness (QED) is 0.890. The molecular formula is C14H17F3N2S. The molecule has 0 saturated heterocycles. The molecule has 0 aliphatic carbocycles. The first-order chi connectivity index (χ1) is 9.55. The van der Waals surface area contributed by atoms with Gasteiger partial charge in [0.25, 0.3) is 0 Å². The summed E-state index contributed by atoms with van der Waals surface area (Å²) in [5.74, 6) is -2.29. The molecule has 0 fully saturated rings. The van der Waals surface area contributed by atoms with Crippen LogP contribution in [0, 0.1) is 23.4 Å². The van der Waals surface area contributed by atoms with E-state index >= 15 is 0 Å². The second-order valence-electron chi connectivity index (χ2n) is 4.75. The van der Waals surface area contributed by atoms with E-state index in [-0.39, 0.29) is 5.69 Å². The van der Waals surface area contributed by atoms with Crippen LogP contribution >= 0.6 is 11.8 Å². The lowest BCUT2D eigenvalue weighted by atomic mass is 9.99. The van der Waals surface area contributed by atoms with Gasteiger partial charge < -0.3 is 5.32 Å². The van der Waals surface area contributed by atoms with Crippen molar-refractivity contribution in [2.24, 2.45) is 10.9 Å². The van der Waals surface area contributed by atoms with Gasteiger partial charge in [0, 0.05) is 17.4 Å². The van der Waals surface area contributed by atoms with Crippen LogP contribution in [0.3, 0.4) is 0 Å². The Labute approximate surface area is 120 Å². The summed E-state index contributed by atoms with van der Waals surface area (Å²) in [4.78, 5) is 4.28. The van der Waals surface area contributed by atoms with Crippen molar-refractivity contribution in [2.75, 3.05) is 11.9 Å². The largest absolute Gasteiger partial charge is 0.330 e. The monoisotopic (exact) mass is 302 g/mol. The molecule has 1 N–H and O–H groups in total. The third-order valence-corrected chi connectivity index (χ3v) is 4.78. The molecule has 1 unspecified atom stereocenters. The number of aliphatic imine (C=N–C) groups is 1. The number of benzene rings is 1. The van der Waals surface area contributed by atoms with Crippen LogP contribution in [-0.2, 0) is 0 Å². The predicted molar refractivity (Wildman–Crippen MR) is 77.7 cm³/mol. The Morgan fingerprint density at radius 1 is 1.25 bits per heavy atom. The molecule has 1 aromatic carbocycles. The molecule has 0 bridgehead atoms. The van der Waals surface area contributed by atoms with Gasteiger partial charge in [-0.1, -0.05) is 38.5 Å². The van der Waals surface area contributed by atoms with Crippen LogP contribution < -0.4 is 5.32 Å². The van der Waals surface area contributed by atoms with Gasteiger partial charge in [0.1, 0.15) is 11.5 Å². The van der Waals surface area contributed by atoms with Crippen molar-refractivity contribution in [2.45, 2.75) is 31.9 Å². The Kier molecular flexibility index (Phi) is 4.96. The van der Waals surface area contributed by atoms with Crippen LogP contribution in [-0.4, -0.2) is 17.0 Å². The number of thioether (sulfide) groups is 1. The fourth-order valence-electron chi connectivity index (χ4n) is 2.29. The number of hydrogen-bond donors (Lipinski definition) is 1. The summed E-state index contributed by atoms with van der Waals surface area (Å²) in [6, 6.07) is 1.31. The number of anilines is 1. The van der Waals surface area contributed by atoms with E-state index in [4.69, 9.17) is 0 Å². The van der Waals surface area contributed by atoms with Crippen molar-refractivity contribution in [3.05, 3.63) is 29.6 Å². The molecule has 1 atom stereocenters. The highest BCUT2D eigenvalue weighted by Crippen LogP contribution is 2.32. The average Bonchev–Trinajstić information content (AvgIpc) is 2.84. The first-order valence-corrected chi connectivity index (χ1v) is 7.55. The highest BCUT2D eigenvalue weighted by Gasteiger charge is 2.27. The van der Waals surface area contributed by atoms with Crippen molar-refractivity contribution in [1.82, 2.24) is 0 Å². The second-order valence-corrected chi connectivity index (χ2v) is 5.98. The molecular weight excluding hydrogens is 285 g/mol. The molecule has 1 aliphatic heterocycles. The molecule has 2 rings (SSSR count). The predicted octanol–water partition coefficient (Wildman–Crippen LogP) is 4.42. The van der Waals surface area contributed by atoms with Gasteiger partial charge in [0.2, 0.25) is 0 Å². The molecule has 0 aromatic heterocycles. The van der Waals surface area contributed by atoms with E-state index in [1.807, 2.05) is 0 Å². The fraction of sp³-hybridized carbons (Fsp3) is 0.500. The molecule has 1 aliphatic rings. The van der Waals surface area contributed by atoms with E-state index in [0.717, 1.165) is 12.8 Å².